The lowest BCUT2D eigenvalue weighted by Crippen LogP contribution is -2.59. The molecule has 1 N–H and O–H groups in total. The van der Waals surface area contributed by atoms with Crippen molar-refractivity contribution in [1.82, 2.24) is 19.7 Å². The second-order valence-electron chi connectivity index (χ2n) is 5.62. The largest absolute Gasteiger partial charge is 0.352 e. The molecule has 1 aliphatic rings. The Kier molecular flexibility index (Phi) is 3.62. The topological polar surface area (TPSA) is 88.1 Å². The van der Waals surface area contributed by atoms with E-state index in [1.807, 2.05) is 17.0 Å². The number of aromatic nitrogens is 3. The summed E-state index contributed by atoms with van der Waals surface area (Å²) in [7, 11) is -3.63. The Hall–Kier alpha value is -2.58. The van der Waals surface area contributed by atoms with Crippen LogP contribution in [0.3, 0.4) is 0 Å². The Labute approximate surface area is 139 Å². The smallest absolute Gasteiger partial charge is 0.243 e. The second kappa shape index (κ2) is 5.81. The van der Waals surface area contributed by atoms with Gasteiger partial charge in [0, 0.05) is 37.1 Å². The molecule has 0 unspecified atom stereocenters. The quantitative estimate of drug-likeness (QED) is 0.767. The third-order valence-electron chi connectivity index (χ3n) is 3.96. The van der Waals surface area contributed by atoms with E-state index in [4.69, 9.17) is 0 Å². The van der Waals surface area contributed by atoms with Gasteiger partial charge in [0.1, 0.15) is 10.7 Å². The van der Waals surface area contributed by atoms with Crippen molar-refractivity contribution in [2.24, 2.45) is 0 Å². The molecule has 1 saturated heterocycles. The van der Waals surface area contributed by atoms with Crippen LogP contribution in [0, 0.1) is 0 Å². The summed E-state index contributed by atoms with van der Waals surface area (Å²) in [6.07, 6.45) is 6.49. The number of rotatable bonds is 4. The Morgan fingerprint density at radius 1 is 1.04 bits per heavy atom. The van der Waals surface area contributed by atoms with Gasteiger partial charge in [0.2, 0.25) is 10.0 Å². The molecule has 0 amide bonds. The van der Waals surface area contributed by atoms with Crippen molar-refractivity contribution in [2.75, 3.05) is 18.0 Å². The van der Waals surface area contributed by atoms with E-state index in [2.05, 4.69) is 19.7 Å². The Bertz CT molecular complexity index is 967. The van der Waals surface area contributed by atoms with E-state index < -0.39 is 10.0 Å². The number of nitrogens with zero attached hydrogens (tertiary/aromatic N) is 4. The molecular weight excluding hydrogens is 326 g/mol. The Morgan fingerprint density at radius 3 is 2.67 bits per heavy atom. The lowest BCUT2D eigenvalue weighted by molar-refractivity contribution is 0.466. The molecule has 1 aliphatic heterocycles. The number of nitrogens with one attached hydrogen (secondary N) is 1. The maximum atomic E-state index is 12.7. The first kappa shape index (κ1) is 15.0. The van der Waals surface area contributed by atoms with Crippen LogP contribution in [0.1, 0.15) is 0 Å². The summed E-state index contributed by atoms with van der Waals surface area (Å²) in [5.74, 6) is 0.750. The Morgan fingerprint density at radius 2 is 1.88 bits per heavy atom. The highest BCUT2D eigenvalue weighted by Gasteiger charge is 2.32. The standard InChI is InChI=1S/C16H15N5O2S/c22-24(23,14-5-1-3-12-4-2-6-19-16(12)14)20-13-10-21(11-13)15-9-17-7-8-18-15/h1-9,13,20H,10-11H2. The summed E-state index contributed by atoms with van der Waals surface area (Å²) in [6, 6.07) is 8.64. The zero-order valence-electron chi connectivity index (χ0n) is 12.7. The fourth-order valence-electron chi connectivity index (χ4n) is 2.77. The van der Waals surface area contributed by atoms with Crippen LogP contribution in [0.2, 0.25) is 0 Å². The summed E-state index contributed by atoms with van der Waals surface area (Å²) in [5, 5.41) is 0.801. The van der Waals surface area contributed by atoms with Crippen LogP contribution in [0.15, 0.2) is 60.0 Å². The number of anilines is 1. The number of sulfonamides is 1. The predicted molar refractivity (Wildman–Crippen MR) is 90.1 cm³/mol. The molecule has 0 bridgehead atoms. The number of para-hydroxylation sites is 1. The lowest BCUT2D eigenvalue weighted by Gasteiger charge is -2.39. The normalized spacial score (nSPS) is 15.4. The first-order chi connectivity index (χ1) is 11.6. The van der Waals surface area contributed by atoms with E-state index in [0.29, 0.717) is 18.6 Å². The summed E-state index contributed by atoms with van der Waals surface area (Å²) >= 11 is 0. The third-order valence-corrected chi connectivity index (χ3v) is 5.51. The van der Waals surface area contributed by atoms with Gasteiger partial charge >= 0.3 is 0 Å². The SMILES string of the molecule is O=S(=O)(NC1CN(c2cnccn2)C1)c1cccc2cccnc12. The maximum Gasteiger partial charge on any atom is 0.243 e. The van der Waals surface area contributed by atoms with Gasteiger partial charge in [-0.3, -0.25) is 9.97 Å². The molecule has 0 radical (unpaired) electrons. The minimum Gasteiger partial charge on any atom is -0.352 e. The lowest BCUT2D eigenvalue weighted by atomic mass is 10.1. The molecule has 122 valence electrons. The first-order valence-corrected chi connectivity index (χ1v) is 8.99. The van der Waals surface area contributed by atoms with Crippen molar-refractivity contribution in [3.8, 4) is 0 Å². The van der Waals surface area contributed by atoms with Gasteiger partial charge in [0.05, 0.1) is 17.8 Å². The van der Waals surface area contributed by atoms with E-state index in [1.54, 1.807) is 43.0 Å². The minimum absolute atomic E-state index is 0.157. The predicted octanol–water partition coefficient (Wildman–Crippen LogP) is 1.19. The monoisotopic (exact) mass is 341 g/mol. The molecule has 1 fully saturated rings. The number of hydrogen-bond acceptors (Lipinski definition) is 6. The maximum absolute atomic E-state index is 12.7. The van der Waals surface area contributed by atoms with Crippen LogP contribution < -0.4 is 9.62 Å². The van der Waals surface area contributed by atoms with Crippen molar-refractivity contribution >= 4 is 26.7 Å². The van der Waals surface area contributed by atoms with Gasteiger partial charge in [-0.1, -0.05) is 18.2 Å². The molecule has 0 spiro atoms. The average molecular weight is 341 g/mol. The van der Waals surface area contributed by atoms with Gasteiger partial charge in [-0.05, 0) is 12.1 Å². The molecule has 1 aromatic carbocycles. The van der Waals surface area contributed by atoms with Gasteiger partial charge in [0.25, 0.3) is 0 Å². The van der Waals surface area contributed by atoms with Crippen molar-refractivity contribution in [3.05, 3.63) is 55.1 Å². The van der Waals surface area contributed by atoms with E-state index in [0.717, 1.165) is 11.2 Å². The summed E-state index contributed by atoms with van der Waals surface area (Å²) in [5.41, 5.74) is 0.484. The number of fused-ring (bicyclic) bond motifs is 1. The number of pyridine rings is 1. The fourth-order valence-corrected chi connectivity index (χ4v) is 4.17. The fraction of sp³-hybridized carbons (Fsp3) is 0.188. The zero-order chi connectivity index (χ0) is 16.6. The molecule has 24 heavy (non-hydrogen) atoms. The molecular formula is C16H15N5O2S. The van der Waals surface area contributed by atoms with Crippen LogP contribution in [0.5, 0.6) is 0 Å². The average Bonchev–Trinajstić information content (AvgIpc) is 2.58. The highest BCUT2D eigenvalue weighted by atomic mass is 32.2. The van der Waals surface area contributed by atoms with Crippen LogP contribution in [-0.2, 0) is 10.0 Å². The molecule has 0 saturated carbocycles. The van der Waals surface area contributed by atoms with Crippen molar-refractivity contribution in [1.29, 1.82) is 0 Å². The highest BCUT2D eigenvalue weighted by molar-refractivity contribution is 7.89. The summed E-state index contributed by atoms with van der Waals surface area (Å²) in [4.78, 5) is 14.6. The first-order valence-electron chi connectivity index (χ1n) is 7.50. The van der Waals surface area contributed by atoms with Gasteiger partial charge in [-0.2, -0.15) is 0 Å². The van der Waals surface area contributed by atoms with E-state index in [9.17, 15) is 8.42 Å². The molecule has 4 rings (SSSR count). The molecule has 2 aromatic heterocycles. The summed E-state index contributed by atoms with van der Waals surface area (Å²) in [6.45, 7) is 1.13. The van der Waals surface area contributed by atoms with E-state index >= 15 is 0 Å². The van der Waals surface area contributed by atoms with Gasteiger partial charge in [0.15, 0.2) is 0 Å². The molecule has 3 heterocycles. The third kappa shape index (κ3) is 2.70. The van der Waals surface area contributed by atoms with Gasteiger partial charge in [-0.15, -0.1) is 0 Å². The molecule has 8 heteroatoms. The highest BCUT2D eigenvalue weighted by Crippen LogP contribution is 2.23. The van der Waals surface area contributed by atoms with Crippen LogP contribution in [-0.4, -0.2) is 42.5 Å². The molecule has 7 nitrogen and oxygen atoms in total. The van der Waals surface area contributed by atoms with Crippen LogP contribution in [0.4, 0.5) is 5.82 Å². The summed E-state index contributed by atoms with van der Waals surface area (Å²) < 4.78 is 28.1. The van der Waals surface area contributed by atoms with Crippen molar-refractivity contribution in [3.63, 3.8) is 0 Å². The van der Waals surface area contributed by atoms with Gasteiger partial charge in [-0.25, -0.2) is 18.1 Å². The van der Waals surface area contributed by atoms with Crippen LogP contribution >= 0.6 is 0 Å². The molecule has 0 aliphatic carbocycles. The number of benzene rings is 1. The number of hydrogen-bond donors (Lipinski definition) is 1. The van der Waals surface area contributed by atoms with Crippen LogP contribution in [0.25, 0.3) is 10.9 Å². The van der Waals surface area contributed by atoms with Crippen molar-refractivity contribution < 1.29 is 8.42 Å². The van der Waals surface area contributed by atoms with Crippen molar-refractivity contribution in [2.45, 2.75) is 10.9 Å². The Balaban J connectivity index is 1.52. The van der Waals surface area contributed by atoms with Gasteiger partial charge < -0.3 is 4.90 Å². The molecule has 3 aromatic rings. The second-order valence-corrected chi connectivity index (χ2v) is 7.30. The van der Waals surface area contributed by atoms with E-state index in [-0.39, 0.29) is 10.9 Å². The molecule has 0 atom stereocenters. The zero-order valence-corrected chi connectivity index (χ0v) is 13.5. The minimum atomic E-state index is -3.63. The van der Waals surface area contributed by atoms with E-state index in [1.165, 1.54) is 0 Å².